The fraction of sp³-hybridized carbons (Fsp3) is 0.667. The van der Waals surface area contributed by atoms with Crippen LogP contribution >= 0.6 is 0 Å². The van der Waals surface area contributed by atoms with Gasteiger partial charge in [-0.15, -0.1) is 0 Å². The fourth-order valence-corrected chi connectivity index (χ4v) is 3.55. The number of benzene rings is 1. The first-order chi connectivity index (χ1) is 9.86. The molecule has 112 valence electrons. The molecule has 1 saturated heterocycles. The van der Waals surface area contributed by atoms with E-state index in [0.29, 0.717) is 12.1 Å². The Bertz CT molecular complexity index is 355. The Hall–Kier alpha value is -0.860. The summed E-state index contributed by atoms with van der Waals surface area (Å²) in [5.41, 5.74) is 1.42. The number of nitrogens with one attached hydrogen (secondary N) is 1. The highest BCUT2D eigenvalue weighted by atomic mass is 15.2. The van der Waals surface area contributed by atoms with Gasteiger partial charge in [0.15, 0.2) is 0 Å². The van der Waals surface area contributed by atoms with Crippen LogP contribution in [0.2, 0.25) is 0 Å². The van der Waals surface area contributed by atoms with Crippen LogP contribution in [-0.2, 0) is 0 Å². The molecule has 1 aliphatic heterocycles. The summed E-state index contributed by atoms with van der Waals surface area (Å²) in [5.74, 6) is 0. The van der Waals surface area contributed by atoms with Gasteiger partial charge in [-0.05, 0) is 45.0 Å². The van der Waals surface area contributed by atoms with Crippen LogP contribution in [0.1, 0.15) is 57.1 Å². The minimum absolute atomic E-state index is 0.445. The predicted molar refractivity (Wildman–Crippen MR) is 87.0 cm³/mol. The van der Waals surface area contributed by atoms with Gasteiger partial charge in [0.05, 0.1) is 0 Å². The van der Waals surface area contributed by atoms with Gasteiger partial charge in [0.25, 0.3) is 0 Å². The van der Waals surface area contributed by atoms with Crippen molar-refractivity contribution in [3.05, 3.63) is 35.9 Å². The Kier molecular flexibility index (Phi) is 6.55. The molecule has 1 aromatic carbocycles. The summed E-state index contributed by atoms with van der Waals surface area (Å²) in [4.78, 5) is 2.73. The standard InChI is InChI=1S/C18H30N2/c1-3-17(20-14-10-5-4-6-11-15-20)18(19-2)16-12-8-7-9-13-16/h7-9,12-13,17-19H,3-6,10-11,14-15H2,1-2H3. The number of rotatable bonds is 5. The Balaban J connectivity index is 2.11. The van der Waals surface area contributed by atoms with Crippen LogP contribution in [0, 0.1) is 0 Å². The van der Waals surface area contributed by atoms with Crippen molar-refractivity contribution in [2.45, 2.75) is 57.5 Å². The molecular weight excluding hydrogens is 244 g/mol. The number of likely N-dealkylation sites (tertiary alicyclic amines) is 1. The topological polar surface area (TPSA) is 15.3 Å². The largest absolute Gasteiger partial charge is 0.312 e. The van der Waals surface area contributed by atoms with Crippen molar-refractivity contribution < 1.29 is 0 Å². The zero-order valence-corrected chi connectivity index (χ0v) is 13.1. The van der Waals surface area contributed by atoms with E-state index in [1.54, 1.807) is 0 Å². The molecule has 0 spiro atoms. The molecule has 0 radical (unpaired) electrons. The molecule has 0 aliphatic carbocycles. The van der Waals surface area contributed by atoms with Crippen molar-refractivity contribution in [3.63, 3.8) is 0 Å². The number of hydrogen-bond acceptors (Lipinski definition) is 2. The quantitative estimate of drug-likeness (QED) is 0.873. The van der Waals surface area contributed by atoms with Crippen LogP contribution in [0.5, 0.6) is 0 Å². The molecule has 1 aromatic rings. The van der Waals surface area contributed by atoms with Crippen molar-refractivity contribution in [3.8, 4) is 0 Å². The highest BCUT2D eigenvalue weighted by Crippen LogP contribution is 2.25. The van der Waals surface area contributed by atoms with Gasteiger partial charge >= 0.3 is 0 Å². The minimum atomic E-state index is 0.445. The molecule has 2 rings (SSSR count). The smallest absolute Gasteiger partial charge is 0.0475 e. The van der Waals surface area contributed by atoms with Crippen molar-refractivity contribution in [2.75, 3.05) is 20.1 Å². The van der Waals surface area contributed by atoms with Gasteiger partial charge in [0, 0.05) is 12.1 Å². The van der Waals surface area contributed by atoms with Gasteiger partial charge in [-0.25, -0.2) is 0 Å². The molecule has 0 saturated carbocycles. The molecule has 1 fully saturated rings. The summed E-state index contributed by atoms with van der Waals surface area (Å²) >= 11 is 0. The maximum Gasteiger partial charge on any atom is 0.0475 e. The van der Waals surface area contributed by atoms with E-state index in [1.807, 2.05) is 0 Å². The molecular formula is C18H30N2. The van der Waals surface area contributed by atoms with Crippen molar-refractivity contribution in [2.24, 2.45) is 0 Å². The molecule has 1 heterocycles. The lowest BCUT2D eigenvalue weighted by Crippen LogP contribution is -2.45. The van der Waals surface area contributed by atoms with Gasteiger partial charge in [-0.2, -0.15) is 0 Å². The second kappa shape index (κ2) is 8.43. The van der Waals surface area contributed by atoms with Gasteiger partial charge in [0.2, 0.25) is 0 Å². The zero-order valence-electron chi connectivity index (χ0n) is 13.1. The lowest BCUT2D eigenvalue weighted by Gasteiger charge is -2.38. The summed E-state index contributed by atoms with van der Waals surface area (Å²) in [7, 11) is 2.10. The highest BCUT2D eigenvalue weighted by molar-refractivity contribution is 5.20. The van der Waals surface area contributed by atoms with E-state index in [2.05, 4.69) is 54.5 Å². The molecule has 0 amide bonds. The molecule has 2 unspecified atom stereocenters. The van der Waals surface area contributed by atoms with Crippen LogP contribution in [-0.4, -0.2) is 31.1 Å². The van der Waals surface area contributed by atoms with E-state index in [-0.39, 0.29) is 0 Å². The van der Waals surface area contributed by atoms with E-state index in [4.69, 9.17) is 0 Å². The second-order valence-corrected chi connectivity index (χ2v) is 5.96. The summed E-state index contributed by atoms with van der Waals surface area (Å²) in [6.45, 7) is 4.86. The van der Waals surface area contributed by atoms with Crippen molar-refractivity contribution in [1.29, 1.82) is 0 Å². The van der Waals surface area contributed by atoms with Crippen molar-refractivity contribution >= 4 is 0 Å². The zero-order chi connectivity index (χ0) is 14.2. The average Bonchev–Trinajstić information content (AvgIpc) is 2.46. The van der Waals surface area contributed by atoms with E-state index >= 15 is 0 Å². The number of hydrogen-bond donors (Lipinski definition) is 1. The monoisotopic (exact) mass is 274 g/mol. The van der Waals surface area contributed by atoms with Crippen LogP contribution in [0.25, 0.3) is 0 Å². The van der Waals surface area contributed by atoms with E-state index < -0.39 is 0 Å². The lowest BCUT2D eigenvalue weighted by atomic mass is 9.94. The minimum Gasteiger partial charge on any atom is -0.312 e. The molecule has 2 heteroatoms. The molecule has 2 atom stereocenters. The first kappa shape index (κ1) is 15.5. The Morgan fingerprint density at radius 1 is 1.00 bits per heavy atom. The average molecular weight is 274 g/mol. The summed E-state index contributed by atoms with van der Waals surface area (Å²) in [6, 6.07) is 12.0. The van der Waals surface area contributed by atoms with Crippen LogP contribution < -0.4 is 5.32 Å². The molecule has 20 heavy (non-hydrogen) atoms. The first-order valence-corrected chi connectivity index (χ1v) is 8.33. The fourth-order valence-electron chi connectivity index (χ4n) is 3.55. The predicted octanol–water partition coefficient (Wildman–Crippen LogP) is 3.99. The summed E-state index contributed by atoms with van der Waals surface area (Å²) in [6.07, 6.45) is 8.17. The third-order valence-electron chi connectivity index (χ3n) is 4.63. The third-order valence-corrected chi connectivity index (χ3v) is 4.63. The summed E-state index contributed by atoms with van der Waals surface area (Å²) in [5, 5.41) is 3.56. The molecule has 0 aromatic heterocycles. The van der Waals surface area contributed by atoms with Gasteiger partial charge in [-0.1, -0.05) is 56.5 Å². The molecule has 2 nitrogen and oxygen atoms in total. The molecule has 0 bridgehead atoms. The van der Waals surface area contributed by atoms with Crippen molar-refractivity contribution in [1.82, 2.24) is 10.2 Å². The van der Waals surface area contributed by atoms with Crippen LogP contribution in [0.3, 0.4) is 0 Å². The normalized spacial score (nSPS) is 20.9. The number of nitrogens with zero attached hydrogens (tertiary/aromatic N) is 1. The summed E-state index contributed by atoms with van der Waals surface area (Å²) < 4.78 is 0. The van der Waals surface area contributed by atoms with Gasteiger partial charge < -0.3 is 5.32 Å². The van der Waals surface area contributed by atoms with Gasteiger partial charge in [-0.3, -0.25) is 4.90 Å². The van der Waals surface area contributed by atoms with E-state index in [9.17, 15) is 0 Å². The van der Waals surface area contributed by atoms with Crippen LogP contribution in [0.15, 0.2) is 30.3 Å². The first-order valence-electron chi connectivity index (χ1n) is 8.33. The number of likely N-dealkylation sites (N-methyl/N-ethyl adjacent to an activating group) is 1. The maximum absolute atomic E-state index is 3.56. The Morgan fingerprint density at radius 3 is 2.15 bits per heavy atom. The maximum atomic E-state index is 3.56. The van der Waals surface area contributed by atoms with E-state index in [0.717, 1.165) is 0 Å². The SMILES string of the molecule is CCC(C(NC)c1ccccc1)N1CCCCCCC1. The van der Waals surface area contributed by atoms with Gasteiger partial charge in [0.1, 0.15) is 0 Å². The lowest BCUT2D eigenvalue weighted by molar-refractivity contribution is 0.141. The third kappa shape index (κ3) is 4.07. The van der Waals surface area contributed by atoms with E-state index in [1.165, 1.54) is 57.2 Å². The Morgan fingerprint density at radius 2 is 1.60 bits per heavy atom. The molecule has 1 N–H and O–H groups in total. The Labute approximate surface area is 124 Å². The molecule has 1 aliphatic rings. The highest BCUT2D eigenvalue weighted by Gasteiger charge is 2.26. The second-order valence-electron chi connectivity index (χ2n) is 5.96. The van der Waals surface area contributed by atoms with Crippen LogP contribution in [0.4, 0.5) is 0 Å².